The summed E-state index contributed by atoms with van der Waals surface area (Å²) < 4.78 is 0. The Morgan fingerprint density at radius 2 is 0.411 bits per heavy atom. The summed E-state index contributed by atoms with van der Waals surface area (Å²) in [5, 5.41) is 4.84. The molecule has 456 valence electrons. The van der Waals surface area contributed by atoms with E-state index in [1.807, 2.05) is 0 Å². The lowest BCUT2D eigenvalue weighted by molar-refractivity contribution is 0.733. The lowest BCUT2D eigenvalue weighted by Gasteiger charge is -2.30. The highest BCUT2D eigenvalue weighted by Gasteiger charge is 2.22. The van der Waals surface area contributed by atoms with E-state index in [0.29, 0.717) is 5.92 Å². The summed E-state index contributed by atoms with van der Waals surface area (Å²) >= 11 is 0. The Labute approximate surface area is 558 Å². The monoisotopic (exact) mass is 1220 g/mol. The van der Waals surface area contributed by atoms with Crippen molar-refractivity contribution in [1.82, 2.24) is 0 Å². The number of nitrogens with zero attached hydrogens (tertiary/aromatic N) is 5. The van der Waals surface area contributed by atoms with Crippen LogP contribution in [0.5, 0.6) is 0 Å². The molecule has 0 amide bonds. The minimum atomic E-state index is 0.461. The average molecular weight is 1220 g/mol. The Morgan fingerprint density at radius 3 is 0.695 bits per heavy atom. The van der Waals surface area contributed by atoms with Crippen LogP contribution in [-0.2, 0) is 0 Å². The molecular formula is C90H71N5. The highest BCUT2D eigenvalue weighted by molar-refractivity contribution is 6.00. The van der Waals surface area contributed by atoms with Crippen molar-refractivity contribution >= 4 is 107 Å². The van der Waals surface area contributed by atoms with Gasteiger partial charge in [0.1, 0.15) is 0 Å². The maximum Gasteiger partial charge on any atom is 0.0540 e. The molecule has 0 bridgehead atoms. The molecule has 0 saturated carbocycles. The van der Waals surface area contributed by atoms with Crippen LogP contribution in [0.1, 0.15) is 31.7 Å². The van der Waals surface area contributed by atoms with Crippen LogP contribution in [0, 0.1) is 0 Å². The van der Waals surface area contributed by atoms with Gasteiger partial charge in [0, 0.05) is 84.7 Å². The van der Waals surface area contributed by atoms with Gasteiger partial charge in [0.25, 0.3) is 0 Å². The van der Waals surface area contributed by atoms with Crippen LogP contribution in [0.15, 0.2) is 376 Å². The second-order valence-electron chi connectivity index (χ2n) is 24.1. The van der Waals surface area contributed by atoms with Gasteiger partial charge in [0.05, 0.1) is 11.4 Å². The third-order valence-corrected chi connectivity index (χ3v) is 18.3. The summed E-state index contributed by atoms with van der Waals surface area (Å²) in [4.78, 5) is 11.8. The molecule has 95 heavy (non-hydrogen) atoms. The molecule has 15 rings (SSSR count). The first-order valence-corrected chi connectivity index (χ1v) is 32.9. The van der Waals surface area contributed by atoms with E-state index in [0.717, 1.165) is 114 Å². The van der Waals surface area contributed by atoms with E-state index in [-0.39, 0.29) is 0 Å². The average Bonchev–Trinajstić information content (AvgIpc) is 0.829. The van der Waals surface area contributed by atoms with Gasteiger partial charge in [-0.3, -0.25) is 0 Å². The zero-order valence-electron chi connectivity index (χ0n) is 53.3. The molecule has 15 aromatic carbocycles. The summed E-state index contributed by atoms with van der Waals surface area (Å²) in [6.45, 7) is 4.56. The smallest absolute Gasteiger partial charge is 0.0540 e. The van der Waals surface area contributed by atoms with E-state index in [9.17, 15) is 0 Å². The summed E-state index contributed by atoms with van der Waals surface area (Å²) in [7, 11) is 0. The molecule has 15 aromatic rings. The van der Waals surface area contributed by atoms with E-state index in [4.69, 9.17) is 0 Å². The van der Waals surface area contributed by atoms with Crippen molar-refractivity contribution < 1.29 is 0 Å². The summed E-state index contributed by atoms with van der Waals surface area (Å²) in [6, 6.07) is 136. The van der Waals surface area contributed by atoms with Gasteiger partial charge in [-0.1, -0.05) is 220 Å². The number of fused-ring (bicyclic) bond motifs is 2. The molecule has 0 saturated heterocycles. The minimum absolute atomic E-state index is 0.461. The fourth-order valence-corrected chi connectivity index (χ4v) is 13.2. The molecule has 0 heterocycles. The highest BCUT2D eigenvalue weighted by Crippen LogP contribution is 2.45. The van der Waals surface area contributed by atoms with E-state index < -0.39 is 0 Å². The van der Waals surface area contributed by atoms with Gasteiger partial charge in [-0.2, -0.15) is 0 Å². The molecule has 0 aromatic heterocycles. The van der Waals surface area contributed by atoms with Gasteiger partial charge >= 0.3 is 0 Å². The molecule has 0 spiro atoms. The van der Waals surface area contributed by atoms with Crippen molar-refractivity contribution in [3.63, 3.8) is 0 Å². The van der Waals surface area contributed by atoms with Crippen LogP contribution < -0.4 is 24.5 Å². The number of benzene rings is 15. The Bertz CT molecular complexity index is 4700. The molecular weight excluding hydrogens is 1150 g/mol. The van der Waals surface area contributed by atoms with Crippen LogP contribution in [-0.4, -0.2) is 0 Å². The zero-order valence-corrected chi connectivity index (χ0v) is 53.3. The second kappa shape index (κ2) is 27.0. The van der Waals surface area contributed by atoms with Gasteiger partial charge < -0.3 is 24.5 Å². The fourth-order valence-electron chi connectivity index (χ4n) is 13.2. The Morgan fingerprint density at radius 1 is 0.200 bits per heavy atom. The van der Waals surface area contributed by atoms with Crippen LogP contribution in [0.4, 0.5) is 85.3 Å². The molecule has 0 radical (unpaired) electrons. The topological polar surface area (TPSA) is 16.2 Å². The largest absolute Gasteiger partial charge is 0.311 e. The van der Waals surface area contributed by atoms with E-state index in [1.165, 1.54) is 27.1 Å². The van der Waals surface area contributed by atoms with E-state index in [1.54, 1.807) is 0 Å². The SMILES string of the molecule is CCC(C)c1ccc(N(c2ccc(N(c3ccccc3)c3ccc(-c4ccc(N(c5ccccc5)c5cccc6ccccc56)cc4)cc3)cc2)c2ccc(N(c3ccccc3)c3ccc(-c4ccc(N(c5ccccc5)c5cccc6ccccc56)cc4)cc3)cc2)cc1. The van der Waals surface area contributed by atoms with Gasteiger partial charge in [-0.15, -0.1) is 0 Å². The van der Waals surface area contributed by atoms with Crippen molar-refractivity contribution in [2.45, 2.75) is 26.2 Å². The van der Waals surface area contributed by atoms with Crippen LogP contribution in [0.3, 0.4) is 0 Å². The Kier molecular flexibility index (Phi) is 16.8. The molecule has 0 aliphatic carbocycles. The van der Waals surface area contributed by atoms with Crippen LogP contribution in [0.2, 0.25) is 0 Å². The molecule has 0 aliphatic heterocycles. The first kappa shape index (κ1) is 59.1. The maximum absolute atomic E-state index is 2.37. The van der Waals surface area contributed by atoms with Crippen LogP contribution in [0.25, 0.3) is 43.8 Å². The quantitative estimate of drug-likeness (QED) is 0.0800. The molecule has 1 atom stereocenters. The van der Waals surface area contributed by atoms with Gasteiger partial charge in [-0.25, -0.2) is 0 Å². The molecule has 0 aliphatic rings. The predicted molar refractivity (Wildman–Crippen MR) is 404 cm³/mol. The number of hydrogen-bond donors (Lipinski definition) is 0. The van der Waals surface area contributed by atoms with Crippen molar-refractivity contribution in [3.05, 3.63) is 382 Å². The fraction of sp³-hybridized carbons (Fsp3) is 0.0444. The van der Waals surface area contributed by atoms with Gasteiger partial charge in [0.15, 0.2) is 0 Å². The van der Waals surface area contributed by atoms with Crippen molar-refractivity contribution in [2.24, 2.45) is 0 Å². The van der Waals surface area contributed by atoms with E-state index >= 15 is 0 Å². The maximum atomic E-state index is 2.37. The van der Waals surface area contributed by atoms with Crippen molar-refractivity contribution in [1.29, 1.82) is 0 Å². The lowest BCUT2D eigenvalue weighted by Crippen LogP contribution is -2.13. The molecule has 5 heteroatoms. The molecule has 1 unspecified atom stereocenters. The predicted octanol–water partition coefficient (Wildman–Crippen LogP) is 26.2. The molecule has 0 fully saturated rings. The first-order chi connectivity index (χ1) is 47.0. The summed E-state index contributed by atoms with van der Waals surface area (Å²) in [5.74, 6) is 0.461. The second-order valence-corrected chi connectivity index (χ2v) is 24.1. The van der Waals surface area contributed by atoms with Gasteiger partial charge in [-0.05, 0) is 221 Å². The van der Waals surface area contributed by atoms with E-state index in [2.05, 4.69) is 414 Å². The normalized spacial score (nSPS) is 11.5. The standard InChI is InChI=1S/C90H71N5/c1-3-66(2)67-38-48-78(49-39-67)93(83-62-58-81(59-63-83)91(74-26-8-4-9-27-74)79-50-40-68(41-51-79)70-44-54-85(55-45-70)94(76-30-12-6-13-31-76)89-36-20-24-72-22-16-18-34-87(72)89)84-64-60-82(61-65-84)92(75-28-10-5-11-29-75)80-52-42-69(43-53-80)71-46-56-86(57-47-71)95(77-32-14-7-15-33-77)90-37-21-25-73-23-17-19-35-88(73)90/h4-66H,3H2,1-2H3. The summed E-state index contributed by atoms with van der Waals surface area (Å²) in [5.41, 5.74) is 22.3. The summed E-state index contributed by atoms with van der Waals surface area (Å²) in [6.07, 6.45) is 1.08. The molecule has 5 nitrogen and oxygen atoms in total. The third kappa shape index (κ3) is 12.3. The number of anilines is 15. The Balaban J connectivity index is 0.715. The first-order valence-electron chi connectivity index (χ1n) is 32.9. The zero-order chi connectivity index (χ0) is 63.9. The number of para-hydroxylation sites is 4. The third-order valence-electron chi connectivity index (χ3n) is 18.3. The van der Waals surface area contributed by atoms with Crippen LogP contribution >= 0.6 is 0 Å². The lowest BCUT2D eigenvalue weighted by atomic mass is 9.98. The Hall–Kier alpha value is -12.2. The number of rotatable bonds is 19. The van der Waals surface area contributed by atoms with Crippen molar-refractivity contribution in [2.75, 3.05) is 24.5 Å². The minimum Gasteiger partial charge on any atom is -0.311 e. The number of hydrogen-bond acceptors (Lipinski definition) is 5. The highest BCUT2D eigenvalue weighted by atomic mass is 15.2. The molecule has 0 N–H and O–H groups in total. The van der Waals surface area contributed by atoms with Crippen molar-refractivity contribution in [3.8, 4) is 22.3 Å². The van der Waals surface area contributed by atoms with Gasteiger partial charge in [0.2, 0.25) is 0 Å².